The number of nitro benzene ring substituents is 1. The Bertz CT molecular complexity index is 1030. The molecule has 148 valence electrons. The lowest BCUT2D eigenvalue weighted by atomic mass is 10.1. The number of nitro groups is 1. The van der Waals surface area contributed by atoms with E-state index in [0.717, 1.165) is 5.56 Å². The monoisotopic (exact) mass is 403 g/mol. The summed E-state index contributed by atoms with van der Waals surface area (Å²) in [5, 5.41) is 11.4. The first kappa shape index (κ1) is 20.0. The molecule has 0 bridgehead atoms. The molecule has 2 aromatic carbocycles. The summed E-state index contributed by atoms with van der Waals surface area (Å²) in [4.78, 5) is 23.8. The van der Waals surface area contributed by atoms with E-state index in [1.165, 1.54) is 22.5 Å². The molecule has 0 amide bonds. The van der Waals surface area contributed by atoms with E-state index in [1.54, 1.807) is 24.0 Å². The lowest BCUT2D eigenvalue weighted by Crippen LogP contribution is -2.49. The fourth-order valence-electron chi connectivity index (χ4n) is 3.32. The molecule has 1 fully saturated rings. The van der Waals surface area contributed by atoms with Crippen molar-refractivity contribution in [1.29, 1.82) is 0 Å². The highest BCUT2D eigenvalue weighted by atomic mass is 32.2. The normalized spacial score (nSPS) is 15.4. The Morgan fingerprint density at radius 1 is 1.04 bits per heavy atom. The van der Waals surface area contributed by atoms with E-state index >= 15 is 0 Å². The third-order valence-electron chi connectivity index (χ3n) is 4.87. The van der Waals surface area contributed by atoms with E-state index in [4.69, 9.17) is 0 Å². The first-order chi connectivity index (χ1) is 13.2. The van der Waals surface area contributed by atoms with Crippen molar-refractivity contribution in [2.75, 3.05) is 31.1 Å². The number of sulfonamides is 1. The summed E-state index contributed by atoms with van der Waals surface area (Å²) in [6.45, 7) is 4.71. The molecule has 8 nitrogen and oxygen atoms in total. The largest absolute Gasteiger partial charge is 0.363 e. The number of carbonyl (C=O) groups is 1. The molecule has 0 aromatic heterocycles. The maximum Gasteiger partial charge on any atom is 0.293 e. The van der Waals surface area contributed by atoms with Crippen LogP contribution in [0.2, 0.25) is 0 Å². The van der Waals surface area contributed by atoms with Gasteiger partial charge < -0.3 is 4.90 Å². The minimum atomic E-state index is -3.63. The van der Waals surface area contributed by atoms with Gasteiger partial charge in [-0.15, -0.1) is 0 Å². The number of aryl methyl sites for hydroxylation is 2. The van der Waals surface area contributed by atoms with E-state index in [-0.39, 0.29) is 24.3 Å². The second-order valence-corrected chi connectivity index (χ2v) is 8.69. The average molecular weight is 403 g/mol. The van der Waals surface area contributed by atoms with Gasteiger partial charge in [-0.25, -0.2) is 8.42 Å². The molecule has 9 heteroatoms. The summed E-state index contributed by atoms with van der Waals surface area (Å²) in [5.74, 6) is 0. The zero-order valence-corrected chi connectivity index (χ0v) is 16.5. The number of rotatable bonds is 5. The van der Waals surface area contributed by atoms with E-state index in [2.05, 4.69) is 0 Å². The van der Waals surface area contributed by atoms with Crippen molar-refractivity contribution in [3.8, 4) is 0 Å². The van der Waals surface area contributed by atoms with E-state index in [1.807, 2.05) is 13.0 Å². The summed E-state index contributed by atoms with van der Waals surface area (Å²) < 4.78 is 27.5. The maximum absolute atomic E-state index is 13.0. The summed E-state index contributed by atoms with van der Waals surface area (Å²) in [5.41, 5.74) is 2.02. The molecule has 3 rings (SSSR count). The van der Waals surface area contributed by atoms with Gasteiger partial charge in [0.05, 0.1) is 9.82 Å². The molecular weight excluding hydrogens is 382 g/mol. The molecule has 0 N–H and O–H groups in total. The quantitative estimate of drug-likeness (QED) is 0.432. The maximum atomic E-state index is 13.0. The molecule has 1 aliphatic heterocycles. The van der Waals surface area contributed by atoms with Crippen LogP contribution in [0.15, 0.2) is 41.3 Å². The van der Waals surface area contributed by atoms with E-state index in [9.17, 15) is 23.3 Å². The van der Waals surface area contributed by atoms with Gasteiger partial charge in [0.25, 0.3) is 5.69 Å². The van der Waals surface area contributed by atoms with Crippen molar-refractivity contribution >= 4 is 27.7 Å². The fraction of sp³-hybridized carbons (Fsp3) is 0.316. The van der Waals surface area contributed by atoms with Gasteiger partial charge in [0.15, 0.2) is 0 Å². The number of hydrogen-bond acceptors (Lipinski definition) is 6. The lowest BCUT2D eigenvalue weighted by molar-refractivity contribution is -0.384. The predicted octanol–water partition coefficient (Wildman–Crippen LogP) is 2.54. The molecule has 0 atom stereocenters. The Labute approximate surface area is 163 Å². The summed E-state index contributed by atoms with van der Waals surface area (Å²) >= 11 is 0. The van der Waals surface area contributed by atoms with Gasteiger partial charge in [0.2, 0.25) is 10.0 Å². The average Bonchev–Trinajstić information content (AvgIpc) is 2.69. The van der Waals surface area contributed by atoms with Crippen LogP contribution in [0.1, 0.15) is 21.5 Å². The smallest absolute Gasteiger partial charge is 0.293 e. The number of benzene rings is 2. The Hall–Kier alpha value is -2.78. The minimum absolute atomic E-state index is 0.157. The molecule has 1 saturated heterocycles. The van der Waals surface area contributed by atoms with Gasteiger partial charge in [-0.05, 0) is 43.2 Å². The van der Waals surface area contributed by atoms with Gasteiger partial charge in [-0.3, -0.25) is 14.9 Å². The number of carbonyl (C=O) groups excluding carboxylic acids is 1. The Kier molecular flexibility index (Phi) is 5.48. The van der Waals surface area contributed by atoms with Crippen molar-refractivity contribution in [3.05, 3.63) is 63.2 Å². The topological polar surface area (TPSA) is 101 Å². The number of piperazine rings is 1. The SMILES string of the molecule is Cc1ccc(C)c(S(=O)(=O)N2CCN(c3ccc(C=O)cc3[N+](=O)[O-])CC2)c1. The number of nitrogens with zero attached hydrogens (tertiary/aromatic N) is 3. The van der Waals surface area contributed by atoms with Crippen molar-refractivity contribution < 1.29 is 18.1 Å². The minimum Gasteiger partial charge on any atom is -0.363 e. The molecule has 1 heterocycles. The Balaban J connectivity index is 1.82. The highest BCUT2D eigenvalue weighted by Crippen LogP contribution is 2.31. The van der Waals surface area contributed by atoms with Crippen LogP contribution >= 0.6 is 0 Å². The zero-order chi connectivity index (χ0) is 20.5. The molecule has 1 aliphatic rings. The molecule has 0 aliphatic carbocycles. The van der Waals surface area contributed by atoms with Crippen LogP contribution in [0.25, 0.3) is 0 Å². The first-order valence-electron chi connectivity index (χ1n) is 8.80. The van der Waals surface area contributed by atoms with Gasteiger partial charge in [0.1, 0.15) is 12.0 Å². The second-order valence-electron chi connectivity index (χ2n) is 6.78. The number of hydrogen-bond donors (Lipinski definition) is 0. The van der Waals surface area contributed by atoms with E-state index in [0.29, 0.717) is 35.5 Å². The highest BCUT2D eigenvalue weighted by Gasteiger charge is 2.31. The van der Waals surface area contributed by atoms with Crippen LogP contribution in [0, 0.1) is 24.0 Å². The summed E-state index contributed by atoms with van der Waals surface area (Å²) in [6, 6.07) is 9.62. The van der Waals surface area contributed by atoms with E-state index < -0.39 is 14.9 Å². The van der Waals surface area contributed by atoms with Crippen LogP contribution in [0.3, 0.4) is 0 Å². The van der Waals surface area contributed by atoms with Crippen molar-refractivity contribution in [3.63, 3.8) is 0 Å². The van der Waals surface area contributed by atoms with Gasteiger partial charge in [-0.2, -0.15) is 4.31 Å². The molecule has 0 radical (unpaired) electrons. The van der Waals surface area contributed by atoms with Gasteiger partial charge in [-0.1, -0.05) is 12.1 Å². The van der Waals surface area contributed by atoms with Crippen molar-refractivity contribution in [2.45, 2.75) is 18.7 Å². The zero-order valence-electron chi connectivity index (χ0n) is 15.7. The molecule has 0 unspecified atom stereocenters. The third kappa shape index (κ3) is 3.76. The molecule has 2 aromatic rings. The summed E-state index contributed by atoms with van der Waals surface area (Å²) in [6.07, 6.45) is 0.561. The van der Waals surface area contributed by atoms with Crippen LogP contribution in [-0.2, 0) is 10.0 Å². The first-order valence-corrected chi connectivity index (χ1v) is 10.2. The van der Waals surface area contributed by atoms with Crippen LogP contribution in [-0.4, -0.2) is 50.1 Å². The summed E-state index contributed by atoms with van der Waals surface area (Å²) in [7, 11) is -3.63. The molecule has 28 heavy (non-hydrogen) atoms. The Morgan fingerprint density at radius 3 is 2.32 bits per heavy atom. The van der Waals surface area contributed by atoms with Crippen molar-refractivity contribution in [1.82, 2.24) is 4.31 Å². The van der Waals surface area contributed by atoms with Gasteiger partial charge in [0, 0.05) is 37.8 Å². The van der Waals surface area contributed by atoms with Crippen LogP contribution < -0.4 is 4.90 Å². The number of aldehydes is 1. The molecule has 0 saturated carbocycles. The van der Waals surface area contributed by atoms with Crippen molar-refractivity contribution in [2.24, 2.45) is 0 Å². The fourth-order valence-corrected chi connectivity index (χ4v) is 5.05. The molecule has 0 spiro atoms. The standard InChI is InChI=1S/C19H21N3O5S/c1-14-3-4-15(2)19(11-14)28(26,27)21-9-7-20(8-10-21)17-6-5-16(13-23)12-18(17)22(24)25/h3-6,11-13H,7-10H2,1-2H3. The van der Waals surface area contributed by atoms with Crippen LogP contribution in [0.4, 0.5) is 11.4 Å². The lowest BCUT2D eigenvalue weighted by Gasteiger charge is -2.35. The van der Waals surface area contributed by atoms with Crippen LogP contribution in [0.5, 0.6) is 0 Å². The Morgan fingerprint density at radius 2 is 1.71 bits per heavy atom. The third-order valence-corrected chi connectivity index (χ3v) is 6.91. The van der Waals surface area contributed by atoms with Gasteiger partial charge >= 0.3 is 0 Å². The number of anilines is 1. The second kappa shape index (κ2) is 7.69. The molecular formula is C19H21N3O5S. The predicted molar refractivity (Wildman–Crippen MR) is 105 cm³/mol. The highest BCUT2D eigenvalue weighted by molar-refractivity contribution is 7.89.